The Bertz CT molecular complexity index is 472. The quantitative estimate of drug-likeness (QED) is 0.658. The maximum absolute atomic E-state index is 12.7. The van der Waals surface area contributed by atoms with Crippen LogP contribution in [-0.4, -0.2) is 39.4 Å². The number of carbonyl (C=O) groups is 1. The first-order chi connectivity index (χ1) is 9.56. The summed E-state index contributed by atoms with van der Waals surface area (Å²) in [5.41, 5.74) is 4.07. The number of aryl methyl sites for hydroxylation is 1. The summed E-state index contributed by atoms with van der Waals surface area (Å²) < 4.78 is 0. The first-order valence-electron chi connectivity index (χ1n) is 6.97. The molecule has 3 N–H and O–H groups in total. The van der Waals surface area contributed by atoms with Crippen molar-refractivity contribution in [2.24, 2.45) is 5.84 Å². The number of nitrogens with one attached hydrogen (secondary N) is 1. The number of aromatic nitrogens is 1. The fourth-order valence-electron chi connectivity index (χ4n) is 2.35. The second kappa shape index (κ2) is 6.45. The van der Waals surface area contributed by atoms with Gasteiger partial charge in [-0.05, 0) is 25.5 Å². The molecule has 0 aliphatic carbocycles. The predicted molar refractivity (Wildman–Crippen MR) is 83.8 cm³/mol. The van der Waals surface area contributed by atoms with Crippen molar-refractivity contribution in [2.45, 2.75) is 38.5 Å². The molecule has 1 aromatic rings. The highest BCUT2D eigenvalue weighted by atomic mass is 32.2. The Morgan fingerprint density at radius 2 is 2.30 bits per heavy atom. The summed E-state index contributed by atoms with van der Waals surface area (Å²) in [6.07, 6.45) is 0.775. The number of hydrogen-bond acceptors (Lipinski definition) is 5. The second-order valence-electron chi connectivity index (χ2n) is 5.05. The molecular weight excluding hydrogens is 272 g/mol. The number of hydrogen-bond donors (Lipinski definition) is 2. The van der Waals surface area contributed by atoms with Gasteiger partial charge >= 0.3 is 0 Å². The maximum atomic E-state index is 12.7. The molecule has 1 saturated heterocycles. The third-order valence-electron chi connectivity index (χ3n) is 3.78. The molecule has 2 rings (SSSR count). The lowest BCUT2D eigenvalue weighted by molar-refractivity contribution is 0.0698. The topological polar surface area (TPSA) is 71.2 Å². The first kappa shape index (κ1) is 15.1. The number of thioether (sulfide) groups is 1. The molecule has 0 spiro atoms. The van der Waals surface area contributed by atoms with Gasteiger partial charge in [-0.1, -0.05) is 13.8 Å². The van der Waals surface area contributed by atoms with E-state index in [-0.39, 0.29) is 11.9 Å². The highest BCUT2D eigenvalue weighted by Crippen LogP contribution is 2.26. The van der Waals surface area contributed by atoms with E-state index in [4.69, 9.17) is 5.84 Å². The van der Waals surface area contributed by atoms with Crippen LogP contribution in [0.2, 0.25) is 0 Å². The number of pyridine rings is 1. The van der Waals surface area contributed by atoms with Crippen LogP contribution in [0.5, 0.6) is 0 Å². The van der Waals surface area contributed by atoms with Crippen LogP contribution < -0.4 is 11.3 Å². The zero-order valence-corrected chi connectivity index (χ0v) is 13.0. The lowest BCUT2D eigenvalue weighted by Crippen LogP contribution is -2.48. The molecule has 5 nitrogen and oxygen atoms in total. The molecule has 110 valence electrons. The molecule has 0 aromatic carbocycles. The Morgan fingerprint density at radius 1 is 1.55 bits per heavy atom. The average Bonchev–Trinajstić information content (AvgIpc) is 2.48. The minimum Gasteiger partial charge on any atom is -0.334 e. The van der Waals surface area contributed by atoms with E-state index in [9.17, 15) is 4.79 Å². The Balaban J connectivity index is 2.28. The van der Waals surface area contributed by atoms with Gasteiger partial charge in [0.05, 0.1) is 0 Å². The van der Waals surface area contributed by atoms with Crippen molar-refractivity contribution in [3.63, 3.8) is 0 Å². The molecule has 1 amide bonds. The number of nitrogens with zero attached hydrogens (tertiary/aromatic N) is 2. The third-order valence-corrected chi connectivity index (χ3v) is 5.12. The van der Waals surface area contributed by atoms with Gasteiger partial charge in [-0.25, -0.2) is 10.8 Å². The van der Waals surface area contributed by atoms with Crippen LogP contribution in [0.25, 0.3) is 0 Å². The van der Waals surface area contributed by atoms with Gasteiger partial charge in [0.25, 0.3) is 5.91 Å². The molecule has 6 heteroatoms. The van der Waals surface area contributed by atoms with Crippen molar-refractivity contribution in [3.05, 3.63) is 23.4 Å². The van der Waals surface area contributed by atoms with E-state index in [1.54, 1.807) is 6.07 Å². The standard InChI is InChI=1S/C14H22N4OS/c1-4-12-7-11(8-13(16-12)17-15)14(19)18-5-6-20-10(3)9(18)2/h7-10H,4-6,15H2,1-3H3,(H,16,17). The van der Waals surface area contributed by atoms with E-state index in [1.165, 1.54) is 0 Å². The van der Waals surface area contributed by atoms with Crippen molar-refractivity contribution >= 4 is 23.5 Å². The maximum Gasteiger partial charge on any atom is 0.254 e. The zero-order valence-electron chi connectivity index (χ0n) is 12.2. The summed E-state index contributed by atoms with van der Waals surface area (Å²) in [6, 6.07) is 3.83. The molecule has 2 heterocycles. The summed E-state index contributed by atoms with van der Waals surface area (Å²) in [7, 11) is 0. The van der Waals surface area contributed by atoms with Gasteiger partial charge < -0.3 is 10.3 Å². The highest BCUT2D eigenvalue weighted by Gasteiger charge is 2.29. The van der Waals surface area contributed by atoms with Crippen LogP contribution in [0.3, 0.4) is 0 Å². The Hall–Kier alpha value is -1.27. The SMILES string of the molecule is CCc1cc(C(=O)N2CCSC(C)C2C)cc(NN)n1. The Labute approximate surface area is 124 Å². The summed E-state index contributed by atoms with van der Waals surface area (Å²) in [6.45, 7) is 7.09. The first-order valence-corrected chi connectivity index (χ1v) is 8.01. The molecule has 0 radical (unpaired) electrons. The van der Waals surface area contributed by atoms with Crippen LogP contribution in [0.1, 0.15) is 36.8 Å². The molecule has 20 heavy (non-hydrogen) atoms. The number of carbonyl (C=O) groups excluding carboxylic acids is 1. The van der Waals surface area contributed by atoms with Crippen LogP contribution in [0.4, 0.5) is 5.82 Å². The normalized spacial score (nSPS) is 22.7. The monoisotopic (exact) mass is 294 g/mol. The molecule has 2 atom stereocenters. The van der Waals surface area contributed by atoms with Crippen molar-refractivity contribution in [3.8, 4) is 0 Å². The highest BCUT2D eigenvalue weighted by molar-refractivity contribution is 8.00. The van der Waals surface area contributed by atoms with Crippen LogP contribution in [0.15, 0.2) is 12.1 Å². The van der Waals surface area contributed by atoms with Gasteiger partial charge in [0.2, 0.25) is 0 Å². The van der Waals surface area contributed by atoms with Crippen molar-refractivity contribution in [1.82, 2.24) is 9.88 Å². The zero-order chi connectivity index (χ0) is 14.7. The summed E-state index contributed by atoms with van der Waals surface area (Å²) in [5, 5.41) is 0.465. The van der Waals surface area contributed by atoms with Crippen molar-refractivity contribution < 1.29 is 4.79 Å². The van der Waals surface area contributed by atoms with E-state index in [2.05, 4.69) is 24.3 Å². The largest absolute Gasteiger partial charge is 0.334 e. The van der Waals surface area contributed by atoms with Gasteiger partial charge in [0.1, 0.15) is 5.82 Å². The van der Waals surface area contributed by atoms with Crippen LogP contribution in [0, 0.1) is 0 Å². The second-order valence-corrected chi connectivity index (χ2v) is 6.53. The smallest absolute Gasteiger partial charge is 0.254 e. The molecule has 0 bridgehead atoms. The number of nitrogen functional groups attached to an aromatic ring is 1. The van der Waals surface area contributed by atoms with Gasteiger partial charge in [-0.3, -0.25) is 4.79 Å². The van der Waals surface area contributed by atoms with Crippen LogP contribution in [-0.2, 0) is 6.42 Å². The van der Waals surface area contributed by atoms with Crippen molar-refractivity contribution in [2.75, 3.05) is 17.7 Å². The van der Waals surface area contributed by atoms with Crippen LogP contribution >= 0.6 is 11.8 Å². The van der Waals surface area contributed by atoms with E-state index < -0.39 is 0 Å². The minimum atomic E-state index is 0.0678. The fraction of sp³-hybridized carbons (Fsp3) is 0.571. The number of amides is 1. The van der Waals surface area contributed by atoms with E-state index in [0.717, 1.165) is 24.4 Å². The van der Waals surface area contributed by atoms with Gasteiger partial charge in [0, 0.05) is 34.8 Å². The third kappa shape index (κ3) is 3.07. The number of hydrazine groups is 1. The predicted octanol–water partition coefficient (Wildman–Crippen LogP) is 1.90. The number of anilines is 1. The van der Waals surface area contributed by atoms with E-state index in [1.807, 2.05) is 29.7 Å². The summed E-state index contributed by atoms with van der Waals surface area (Å²) in [4.78, 5) is 19.0. The molecule has 0 saturated carbocycles. The lowest BCUT2D eigenvalue weighted by atomic mass is 10.1. The molecule has 1 fully saturated rings. The lowest BCUT2D eigenvalue weighted by Gasteiger charge is -2.37. The average molecular weight is 294 g/mol. The van der Waals surface area contributed by atoms with Gasteiger partial charge in [0.15, 0.2) is 0 Å². The minimum absolute atomic E-state index is 0.0678. The number of nitrogens with two attached hydrogens (primary N) is 1. The van der Waals surface area contributed by atoms with E-state index in [0.29, 0.717) is 16.6 Å². The molecule has 1 aromatic heterocycles. The Kier molecular flexibility index (Phi) is 4.88. The van der Waals surface area contributed by atoms with Gasteiger partial charge in [-0.15, -0.1) is 0 Å². The van der Waals surface area contributed by atoms with E-state index >= 15 is 0 Å². The molecule has 1 aliphatic heterocycles. The van der Waals surface area contributed by atoms with Gasteiger partial charge in [-0.2, -0.15) is 11.8 Å². The number of rotatable bonds is 3. The summed E-state index contributed by atoms with van der Waals surface area (Å²) >= 11 is 1.92. The molecular formula is C14H22N4OS. The molecule has 2 unspecified atom stereocenters. The summed E-state index contributed by atoms with van der Waals surface area (Å²) in [5.74, 6) is 7.03. The Morgan fingerprint density at radius 3 is 2.95 bits per heavy atom. The fourth-order valence-corrected chi connectivity index (χ4v) is 3.45. The molecule has 1 aliphatic rings. The van der Waals surface area contributed by atoms with Crippen molar-refractivity contribution in [1.29, 1.82) is 0 Å².